The highest BCUT2D eigenvalue weighted by Gasteiger charge is 2.06. The smallest absolute Gasteiger partial charge is 0.0653 e. The van der Waals surface area contributed by atoms with E-state index in [0.29, 0.717) is 5.92 Å². The van der Waals surface area contributed by atoms with Crippen LogP contribution >= 0.6 is 23.1 Å². The zero-order valence-corrected chi connectivity index (χ0v) is 8.03. The lowest BCUT2D eigenvalue weighted by atomic mass is 10.0. The van der Waals surface area contributed by atoms with Gasteiger partial charge in [0, 0.05) is 10.8 Å². The molecule has 4 heteroatoms. The summed E-state index contributed by atoms with van der Waals surface area (Å²) in [5.41, 5.74) is 0. The summed E-state index contributed by atoms with van der Waals surface area (Å²) in [4.78, 5) is 1.23. The summed E-state index contributed by atoms with van der Waals surface area (Å²) in [6, 6.07) is 0. The molecule has 1 heterocycles. The first-order valence-electron chi connectivity index (χ1n) is 3.69. The second-order valence-corrected chi connectivity index (χ2v) is 3.70. The highest BCUT2D eigenvalue weighted by molar-refractivity contribution is 7.05. The monoisotopic (exact) mass is 190 g/mol. The lowest BCUT2D eigenvalue weighted by Gasteiger charge is -2.07. The minimum Gasteiger partial charge on any atom is -0.146 e. The van der Waals surface area contributed by atoms with Gasteiger partial charge in [-0.1, -0.05) is 17.8 Å². The molecule has 0 N–H and O–H groups in total. The van der Waals surface area contributed by atoms with Crippen LogP contribution in [-0.4, -0.2) is 15.5 Å². The Kier molecular flexibility index (Phi) is 3.80. The first-order valence-corrected chi connectivity index (χ1v) is 4.99. The van der Waals surface area contributed by atoms with Crippen molar-refractivity contribution in [2.75, 3.05) is 5.88 Å². The van der Waals surface area contributed by atoms with Gasteiger partial charge in [0.1, 0.15) is 0 Å². The first-order chi connectivity index (χ1) is 5.36. The molecule has 11 heavy (non-hydrogen) atoms. The predicted octanol–water partition coefficient (Wildman–Crippen LogP) is 2.35. The van der Waals surface area contributed by atoms with E-state index < -0.39 is 0 Å². The zero-order valence-electron chi connectivity index (χ0n) is 6.46. The van der Waals surface area contributed by atoms with Crippen LogP contribution in [0.5, 0.6) is 0 Å². The number of hydrogen-bond donors (Lipinski definition) is 0. The molecule has 1 atom stereocenters. The highest BCUT2D eigenvalue weighted by Crippen LogP contribution is 2.14. The van der Waals surface area contributed by atoms with E-state index in [4.69, 9.17) is 11.6 Å². The average Bonchev–Trinajstić information content (AvgIpc) is 2.52. The molecular formula is C7H11ClN2S. The van der Waals surface area contributed by atoms with Gasteiger partial charge in [0.15, 0.2) is 0 Å². The van der Waals surface area contributed by atoms with E-state index in [1.165, 1.54) is 16.4 Å². The molecule has 0 aliphatic carbocycles. The molecule has 0 amide bonds. The maximum absolute atomic E-state index is 5.75. The fourth-order valence-corrected chi connectivity index (χ4v) is 1.80. The lowest BCUT2D eigenvalue weighted by molar-refractivity contribution is 0.571. The minimum absolute atomic E-state index is 0.582. The Morgan fingerprint density at radius 2 is 2.55 bits per heavy atom. The zero-order chi connectivity index (χ0) is 8.10. The molecule has 0 radical (unpaired) electrons. The van der Waals surface area contributed by atoms with E-state index in [1.54, 1.807) is 0 Å². The Hall–Kier alpha value is -0.150. The van der Waals surface area contributed by atoms with Crippen LogP contribution in [0.1, 0.15) is 18.2 Å². The van der Waals surface area contributed by atoms with Crippen LogP contribution < -0.4 is 0 Å². The Morgan fingerprint density at radius 3 is 3.00 bits per heavy atom. The third-order valence-electron chi connectivity index (χ3n) is 1.69. The van der Waals surface area contributed by atoms with Gasteiger partial charge in [0.05, 0.1) is 6.20 Å². The van der Waals surface area contributed by atoms with Crippen LogP contribution in [0.2, 0.25) is 0 Å². The number of rotatable bonds is 4. The topological polar surface area (TPSA) is 25.8 Å². The summed E-state index contributed by atoms with van der Waals surface area (Å²) in [7, 11) is 0. The van der Waals surface area contributed by atoms with Crippen molar-refractivity contribution < 1.29 is 0 Å². The number of aromatic nitrogens is 2. The molecule has 1 rings (SSSR count). The molecule has 0 saturated heterocycles. The number of nitrogens with zero attached hydrogens (tertiary/aromatic N) is 2. The van der Waals surface area contributed by atoms with Gasteiger partial charge in [-0.25, -0.2) is 0 Å². The number of alkyl halides is 1. The molecule has 62 valence electrons. The van der Waals surface area contributed by atoms with E-state index >= 15 is 0 Å². The number of hydrogen-bond acceptors (Lipinski definition) is 3. The third-order valence-corrected chi connectivity index (χ3v) is 2.81. The van der Waals surface area contributed by atoms with Crippen molar-refractivity contribution in [2.24, 2.45) is 5.92 Å². The maximum atomic E-state index is 5.75. The standard InChI is InChI=1S/C7H11ClN2S/c1-2-6(4-8)3-7-5-9-10-11-7/h5-6H,2-4H2,1H3. The summed E-state index contributed by atoms with van der Waals surface area (Å²) in [5.74, 6) is 1.31. The van der Waals surface area contributed by atoms with Crippen molar-refractivity contribution in [3.63, 3.8) is 0 Å². The molecule has 0 bridgehead atoms. The summed E-state index contributed by atoms with van der Waals surface area (Å²) in [6.45, 7) is 2.15. The van der Waals surface area contributed by atoms with Gasteiger partial charge in [-0.05, 0) is 23.9 Å². The summed E-state index contributed by atoms with van der Waals surface area (Å²) >= 11 is 7.21. The lowest BCUT2D eigenvalue weighted by Crippen LogP contribution is -2.03. The molecule has 1 unspecified atom stereocenters. The minimum atomic E-state index is 0.582. The van der Waals surface area contributed by atoms with E-state index in [2.05, 4.69) is 16.5 Å². The average molecular weight is 191 g/mol. The Labute approximate surface area is 75.7 Å². The van der Waals surface area contributed by atoms with Gasteiger partial charge in [0.25, 0.3) is 0 Å². The quantitative estimate of drug-likeness (QED) is 0.682. The van der Waals surface area contributed by atoms with E-state index in [-0.39, 0.29) is 0 Å². The molecule has 0 fully saturated rings. The summed E-state index contributed by atoms with van der Waals surface area (Å²) in [6.07, 6.45) is 3.97. The van der Waals surface area contributed by atoms with E-state index in [9.17, 15) is 0 Å². The van der Waals surface area contributed by atoms with Crippen molar-refractivity contribution in [3.8, 4) is 0 Å². The SMILES string of the molecule is CCC(CCl)Cc1cnns1. The van der Waals surface area contributed by atoms with Crippen LogP contribution in [-0.2, 0) is 6.42 Å². The van der Waals surface area contributed by atoms with Crippen LogP contribution in [0.15, 0.2) is 6.20 Å². The van der Waals surface area contributed by atoms with Crippen molar-refractivity contribution in [1.29, 1.82) is 0 Å². The fraction of sp³-hybridized carbons (Fsp3) is 0.714. The highest BCUT2D eigenvalue weighted by atomic mass is 35.5. The molecule has 0 spiro atoms. The maximum Gasteiger partial charge on any atom is 0.0653 e. The Balaban J connectivity index is 2.41. The van der Waals surface area contributed by atoms with Crippen molar-refractivity contribution in [2.45, 2.75) is 19.8 Å². The van der Waals surface area contributed by atoms with Crippen molar-refractivity contribution in [3.05, 3.63) is 11.1 Å². The van der Waals surface area contributed by atoms with Crippen molar-refractivity contribution >= 4 is 23.1 Å². The number of halogens is 1. The molecule has 0 saturated carbocycles. The third kappa shape index (κ3) is 2.75. The Bertz CT molecular complexity index is 184. The van der Waals surface area contributed by atoms with Gasteiger partial charge in [-0.2, -0.15) is 0 Å². The van der Waals surface area contributed by atoms with Crippen LogP contribution in [0.4, 0.5) is 0 Å². The summed E-state index contributed by atoms with van der Waals surface area (Å²) < 4.78 is 3.79. The van der Waals surface area contributed by atoms with Crippen molar-refractivity contribution in [1.82, 2.24) is 9.59 Å². The summed E-state index contributed by atoms with van der Waals surface area (Å²) in [5, 5.41) is 3.77. The van der Waals surface area contributed by atoms with Gasteiger partial charge >= 0.3 is 0 Å². The van der Waals surface area contributed by atoms with Gasteiger partial charge in [0.2, 0.25) is 0 Å². The van der Waals surface area contributed by atoms with Gasteiger partial charge in [-0.15, -0.1) is 16.7 Å². The molecule has 1 aromatic rings. The Morgan fingerprint density at radius 1 is 1.73 bits per heavy atom. The second kappa shape index (κ2) is 4.67. The van der Waals surface area contributed by atoms with E-state index in [1.807, 2.05) is 6.20 Å². The second-order valence-electron chi connectivity index (χ2n) is 2.52. The largest absolute Gasteiger partial charge is 0.146 e. The van der Waals surface area contributed by atoms with E-state index in [0.717, 1.165) is 18.7 Å². The normalized spacial score (nSPS) is 13.3. The van der Waals surface area contributed by atoms with Crippen LogP contribution in [0, 0.1) is 5.92 Å². The van der Waals surface area contributed by atoms with Crippen LogP contribution in [0.25, 0.3) is 0 Å². The molecule has 0 aromatic carbocycles. The molecule has 1 aromatic heterocycles. The molecule has 2 nitrogen and oxygen atoms in total. The molecule has 0 aliphatic rings. The first kappa shape index (κ1) is 8.94. The van der Waals surface area contributed by atoms with Gasteiger partial charge < -0.3 is 0 Å². The fourth-order valence-electron chi connectivity index (χ4n) is 0.870. The van der Waals surface area contributed by atoms with Crippen LogP contribution in [0.3, 0.4) is 0 Å². The predicted molar refractivity (Wildman–Crippen MR) is 48.1 cm³/mol. The molecular weight excluding hydrogens is 180 g/mol. The van der Waals surface area contributed by atoms with Gasteiger partial charge in [-0.3, -0.25) is 0 Å². The molecule has 0 aliphatic heterocycles.